The number of aromatic nitrogens is 2. The van der Waals surface area contributed by atoms with Crippen molar-refractivity contribution >= 4 is 22.8 Å². The summed E-state index contributed by atoms with van der Waals surface area (Å²) < 4.78 is 2.74. The maximum atomic E-state index is 12.7. The zero-order chi connectivity index (χ0) is 19.4. The second kappa shape index (κ2) is 8.52. The van der Waals surface area contributed by atoms with E-state index in [0.717, 1.165) is 48.3 Å². The predicted molar refractivity (Wildman–Crippen MR) is 105 cm³/mol. The van der Waals surface area contributed by atoms with Gasteiger partial charge >= 0.3 is 5.69 Å². The molecule has 7 nitrogen and oxygen atoms in total. The Morgan fingerprint density at radius 2 is 1.59 bits per heavy atom. The number of carbonyl (C=O) groups excluding carboxylic acids is 2. The Morgan fingerprint density at radius 3 is 2.30 bits per heavy atom. The van der Waals surface area contributed by atoms with Crippen molar-refractivity contribution in [3.63, 3.8) is 0 Å². The molecule has 0 radical (unpaired) electrons. The number of amides is 2. The topological polar surface area (TPSA) is 90.3 Å². The molecule has 1 fully saturated rings. The van der Waals surface area contributed by atoms with Gasteiger partial charge in [0.15, 0.2) is 0 Å². The van der Waals surface area contributed by atoms with Crippen LogP contribution in [-0.2, 0) is 23.1 Å². The van der Waals surface area contributed by atoms with Gasteiger partial charge in [-0.2, -0.15) is 9.69 Å². The Hall–Kier alpha value is -2.41. The smallest absolute Gasteiger partial charge is 0.330 e. The van der Waals surface area contributed by atoms with Crippen LogP contribution in [0.5, 0.6) is 0 Å². The minimum absolute atomic E-state index is 0.288. The summed E-state index contributed by atoms with van der Waals surface area (Å²) in [5, 5.41) is 1.02. The predicted octanol–water partition coefficient (Wildman–Crippen LogP) is 1.97. The number of rotatable bonds is 8. The average molecular weight is 372 g/mol. The largest absolute Gasteiger partial charge is 0.348 e. The molecule has 2 amide bonds. The van der Waals surface area contributed by atoms with Crippen LogP contribution in [0.3, 0.4) is 0 Å². The molecule has 146 valence electrons. The highest BCUT2D eigenvalue weighted by Gasteiger charge is 2.31. The molecule has 0 spiro atoms. The van der Waals surface area contributed by atoms with Crippen molar-refractivity contribution in [2.75, 3.05) is 11.6 Å². The van der Waals surface area contributed by atoms with E-state index in [4.69, 9.17) is 5.73 Å². The monoisotopic (exact) mass is 372 g/mol. The van der Waals surface area contributed by atoms with E-state index in [1.165, 1.54) is 22.1 Å². The summed E-state index contributed by atoms with van der Waals surface area (Å²) in [5.41, 5.74) is 7.64. The van der Waals surface area contributed by atoms with Crippen molar-refractivity contribution in [2.24, 2.45) is 12.8 Å². The average Bonchev–Trinajstić information content (AvgIpc) is 2.89. The lowest BCUT2D eigenvalue weighted by Crippen LogP contribution is -2.52. The highest BCUT2D eigenvalue weighted by molar-refractivity contribution is 6.10. The third kappa shape index (κ3) is 3.98. The number of fused-ring (bicyclic) bond motifs is 1. The number of imidazole rings is 1. The molecule has 1 aliphatic rings. The van der Waals surface area contributed by atoms with Gasteiger partial charge in [-0.15, -0.1) is 0 Å². The SMILES string of the molecule is Cn1c(=O)n(N2C(=O)CCCC2=O)c2ccc(CCCCCCCN)cc21. The molecule has 1 aromatic carbocycles. The van der Waals surface area contributed by atoms with Crippen molar-refractivity contribution in [1.29, 1.82) is 0 Å². The molecule has 1 saturated heterocycles. The number of hydrogen-bond donors (Lipinski definition) is 1. The summed E-state index contributed by atoms with van der Waals surface area (Å²) in [6, 6.07) is 5.82. The first-order valence-electron chi connectivity index (χ1n) is 9.81. The fourth-order valence-electron chi connectivity index (χ4n) is 3.68. The van der Waals surface area contributed by atoms with Crippen molar-refractivity contribution in [3.8, 4) is 0 Å². The fourth-order valence-corrected chi connectivity index (χ4v) is 3.68. The van der Waals surface area contributed by atoms with Gasteiger partial charge in [-0.1, -0.05) is 25.3 Å². The standard InChI is InChI=1S/C20H28N4O3/c1-22-17-14-15(8-5-3-2-4-6-13-21)11-12-16(17)23(20(22)27)24-18(25)9-7-10-19(24)26/h11-12,14H,2-10,13,21H2,1H3. The first-order valence-corrected chi connectivity index (χ1v) is 9.81. The lowest BCUT2D eigenvalue weighted by atomic mass is 10.0. The number of nitrogens with zero attached hydrogens (tertiary/aromatic N) is 3. The maximum absolute atomic E-state index is 12.7. The van der Waals surface area contributed by atoms with E-state index in [9.17, 15) is 14.4 Å². The summed E-state index contributed by atoms with van der Waals surface area (Å²) in [4.78, 5) is 37.2. The molecule has 0 saturated carbocycles. The Balaban J connectivity index is 1.82. The summed E-state index contributed by atoms with van der Waals surface area (Å²) in [7, 11) is 1.68. The number of nitrogens with two attached hydrogens (primary N) is 1. The van der Waals surface area contributed by atoms with Crippen LogP contribution in [-0.4, -0.2) is 27.6 Å². The first kappa shape index (κ1) is 19.4. The van der Waals surface area contributed by atoms with Gasteiger partial charge in [0.25, 0.3) is 0 Å². The van der Waals surface area contributed by atoms with Crippen molar-refractivity contribution < 1.29 is 9.59 Å². The summed E-state index contributed by atoms with van der Waals surface area (Å²) in [6.45, 7) is 0.754. The van der Waals surface area contributed by atoms with E-state index in [-0.39, 0.29) is 30.3 Å². The van der Waals surface area contributed by atoms with Gasteiger partial charge in [-0.05, 0) is 49.9 Å². The highest BCUT2D eigenvalue weighted by atomic mass is 16.2. The first-order chi connectivity index (χ1) is 13.0. The minimum Gasteiger partial charge on any atom is -0.330 e. The number of imide groups is 1. The summed E-state index contributed by atoms with van der Waals surface area (Å²) >= 11 is 0. The molecule has 1 aliphatic heterocycles. The van der Waals surface area contributed by atoms with E-state index >= 15 is 0 Å². The van der Waals surface area contributed by atoms with Crippen LogP contribution >= 0.6 is 0 Å². The zero-order valence-electron chi connectivity index (χ0n) is 15.9. The molecule has 0 bridgehead atoms. The third-order valence-corrected chi connectivity index (χ3v) is 5.22. The molecule has 0 atom stereocenters. The van der Waals surface area contributed by atoms with Gasteiger partial charge in [-0.3, -0.25) is 14.2 Å². The van der Waals surface area contributed by atoms with Gasteiger partial charge in [0.1, 0.15) is 0 Å². The number of hydrogen-bond acceptors (Lipinski definition) is 4. The van der Waals surface area contributed by atoms with Crippen molar-refractivity contribution in [2.45, 2.75) is 57.8 Å². The molecule has 2 heterocycles. The van der Waals surface area contributed by atoms with Gasteiger partial charge in [0, 0.05) is 19.9 Å². The van der Waals surface area contributed by atoms with Crippen LogP contribution in [0.1, 0.15) is 56.9 Å². The molecule has 1 aromatic heterocycles. The number of benzene rings is 1. The number of unbranched alkanes of at least 4 members (excludes halogenated alkanes) is 4. The van der Waals surface area contributed by atoms with E-state index in [2.05, 4.69) is 0 Å². The van der Waals surface area contributed by atoms with E-state index in [1.807, 2.05) is 18.2 Å². The Morgan fingerprint density at radius 1 is 0.926 bits per heavy atom. The quantitative estimate of drug-likeness (QED) is 0.567. The molecule has 7 heteroatoms. The van der Waals surface area contributed by atoms with Crippen LogP contribution in [0.4, 0.5) is 0 Å². The van der Waals surface area contributed by atoms with Crippen LogP contribution in [0.15, 0.2) is 23.0 Å². The third-order valence-electron chi connectivity index (χ3n) is 5.22. The van der Waals surface area contributed by atoms with E-state index < -0.39 is 0 Å². The van der Waals surface area contributed by atoms with Crippen molar-refractivity contribution in [1.82, 2.24) is 9.24 Å². The van der Waals surface area contributed by atoms with Crippen LogP contribution in [0.25, 0.3) is 11.0 Å². The Bertz CT molecular complexity index is 880. The maximum Gasteiger partial charge on any atom is 0.348 e. The summed E-state index contributed by atoms with van der Waals surface area (Å²) in [5.74, 6) is -0.634. The van der Waals surface area contributed by atoms with Gasteiger partial charge in [0.2, 0.25) is 11.8 Å². The molecule has 3 rings (SSSR count). The molecule has 27 heavy (non-hydrogen) atoms. The second-order valence-electron chi connectivity index (χ2n) is 7.24. The van der Waals surface area contributed by atoms with Gasteiger partial charge in [0.05, 0.1) is 11.0 Å². The van der Waals surface area contributed by atoms with Crippen LogP contribution in [0.2, 0.25) is 0 Å². The highest BCUT2D eigenvalue weighted by Crippen LogP contribution is 2.20. The molecule has 2 aromatic rings. The molecule has 2 N–H and O–H groups in total. The Kier molecular flexibility index (Phi) is 6.11. The number of aryl methyl sites for hydroxylation is 2. The Labute approximate surface area is 158 Å². The normalized spacial score (nSPS) is 15.1. The molecule has 0 unspecified atom stereocenters. The number of carbonyl (C=O) groups is 2. The zero-order valence-corrected chi connectivity index (χ0v) is 15.9. The number of piperidine rings is 1. The summed E-state index contributed by atoms with van der Waals surface area (Å²) in [6.07, 6.45) is 7.76. The van der Waals surface area contributed by atoms with E-state index in [0.29, 0.717) is 11.9 Å². The van der Waals surface area contributed by atoms with Gasteiger partial charge < -0.3 is 5.73 Å². The van der Waals surface area contributed by atoms with E-state index in [1.54, 1.807) is 7.05 Å². The molecule has 0 aliphatic carbocycles. The van der Waals surface area contributed by atoms with Gasteiger partial charge in [-0.25, -0.2) is 4.79 Å². The minimum atomic E-state index is -0.368. The molecular weight excluding hydrogens is 344 g/mol. The molecular formula is C20H28N4O3. The lowest BCUT2D eigenvalue weighted by Gasteiger charge is -2.25. The van der Waals surface area contributed by atoms with Crippen molar-refractivity contribution in [3.05, 3.63) is 34.2 Å². The second-order valence-corrected chi connectivity index (χ2v) is 7.24. The van der Waals surface area contributed by atoms with Crippen LogP contribution < -0.4 is 16.4 Å². The lowest BCUT2D eigenvalue weighted by molar-refractivity contribution is -0.131. The fraction of sp³-hybridized carbons (Fsp3) is 0.550. The van der Waals surface area contributed by atoms with Crippen LogP contribution in [0, 0.1) is 0 Å².